The number of para-hydroxylation sites is 1. The maximum Gasteiger partial charge on any atom is 0.305 e. The predicted octanol–water partition coefficient (Wildman–Crippen LogP) is 3.43. The van der Waals surface area contributed by atoms with Crippen LogP contribution in [0.4, 0.5) is 0 Å². The number of rotatable bonds is 7. The van der Waals surface area contributed by atoms with Crippen molar-refractivity contribution in [2.24, 2.45) is 0 Å². The molecule has 0 aliphatic heterocycles. The average molecular weight is 399 g/mol. The Morgan fingerprint density at radius 1 is 1.14 bits per heavy atom. The van der Waals surface area contributed by atoms with Crippen molar-refractivity contribution in [3.05, 3.63) is 76.8 Å². The van der Waals surface area contributed by atoms with Crippen LogP contribution in [0.2, 0.25) is 5.02 Å². The SMILES string of the molecule is CCc1nc(C(=O)NC(CC(=O)O)c2ccccc2)nn1-c1ccccc1Cl. The predicted molar refractivity (Wildman–Crippen MR) is 105 cm³/mol. The number of hydrogen-bond acceptors (Lipinski definition) is 4. The zero-order valence-electron chi connectivity index (χ0n) is 15.2. The highest BCUT2D eigenvalue weighted by molar-refractivity contribution is 6.32. The van der Waals surface area contributed by atoms with Gasteiger partial charge >= 0.3 is 5.97 Å². The fourth-order valence-electron chi connectivity index (χ4n) is 2.82. The number of carboxylic acid groups (broad SMARTS) is 1. The first-order chi connectivity index (χ1) is 13.5. The minimum atomic E-state index is -1.02. The van der Waals surface area contributed by atoms with Gasteiger partial charge in [0, 0.05) is 6.42 Å². The lowest BCUT2D eigenvalue weighted by atomic mass is 10.0. The van der Waals surface area contributed by atoms with Crippen molar-refractivity contribution in [1.29, 1.82) is 0 Å². The van der Waals surface area contributed by atoms with E-state index < -0.39 is 17.9 Å². The van der Waals surface area contributed by atoms with Crippen molar-refractivity contribution in [2.75, 3.05) is 0 Å². The van der Waals surface area contributed by atoms with Gasteiger partial charge in [-0.25, -0.2) is 9.67 Å². The highest BCUT2D eigenvalue weighted by Crippen LogP contribution is 2.21. The number of carbonyl (C=O) groups is 2. The summed E-state index contributed by atoms with van der Waals surface area (Å²) in [5.74, 6) is -1.02. The van der Waals surface area contributed by atoms with Crippen molar-refractivity contribution < 1.29 is 14.7 Å². The van der Waals surface area contributed by atoms with E-state index in [9.17, 15) is 14.7 Å². The summed E-state index contributed by atoms with van der Waals surface area (Å²) in [6.45, 7) is 1.90. The largest absolute Gasteiger partial charge is 0.481 e. The van der Waals surface area contributed by atoms with Crippen LogP contribution in [0.5, 0.6) is 0 Å². The summed E-state index contributed by atoms with van der Waals surface area (Å²) in [5.41, 5.74) is 1.32. The van der Waals surface area contributed by atoms with Gasteiger partial charge in [0.15, 0.2) is 0 Å². The first-order valence-corrected chi connectivity index (χ1v) is 9.15. The molecule has 8 heteroatoms. The monoisotopic (exact) mass is 398 g/mol. The average Bonchev–Trinajstić information content (AvgIpc) is 3.12. The Balaban J connectivity index is 1.89. The van der Waals surface area contributed by atoms with Crippen molar-refractivity contribution in [3.8, 4) is 5.69 Å². The molecule has 3 aromatic rings. The smallest absolute Gasteiger partial charge is 0.305 e. The highest BCUT2D eigenvalue weighted by Gasteiger charge is 2.23. The Morgan fingerprint density at radius 3 is 2.46 bits per heavy atom. The molecular formula is C20H19ClN4O3. The van der Waals surface area contributed by atoms with E-state index in [1.807, 2.05) is 19.1 Å². The van der Waals surface area contributed by atoms with Crippen molar-refractivity contribution >= 4 is 23.5 Å². The number of benzene rings is 2. The van der Waals surface area contributed by atoms with Crippen LogP contribution in [-0.4, -0.2) is 31.7 Å². The molecule has 2 N–H and O–H groups in total. The number of nitrogens with one attached hydrogen (secondary N) is 1. The van der Waals surface area contributed by atoms with E-state index in [-0.39, 0.29) is 12.2 Å². The van der Waals surface area contributed by atoms with E-state index in [0.29, 0.717) is 28.5 Å². The van der Waals surface area contributed by atoms with Gasteiger partial charge in [0.05, 0.1) is 23.2 Å². The van der Waals surface area contributed by atoms with Gasteiger partial charge in [0.2, 0.25) is 5.82 Å². The van der Waals surface area contributed by atoms with Crippen LogP contribution in [0.3, 0.4) is 0 Å². The number of halogens is 1. The molecule has 1 amide bonds. The van der Waals surface area contributed by atoms with Crippen molar-refractivity contribution in [2.45, 2.75) is 25.8 Å². The van der Waals surface area contributed by atoms with E-state index in [4.69, 9.17) is 11.6 Å². The third-order valence-electron chi connectivity index (χ3n) is 4.16. The van der Waals surface area contributed by atoms with Crippen LogP contribution < -0.4 is 5.32 Å². The number of aliphatic carboxylic acids is 1. The van der Waals surface area contributed by atoms with Gasteiger partial charge in [-0.15, -0.1) is 5.10 Å². The summed E-state index contributed by atoms with van der Waals surface area (Å²) in [4.78, 5) is 28.3. The Kier molecular flexibility index (Phi) is 6.06. The summed E-state index contributed by atoms with van der Waals surface area (Å²) in [7, 11) is 0. The number of hydrogen-bond donors (Lipinski definition) is 2. The second-order valence-electron chi connectivity index (χ2n) is 6.10. The molecule has 28 heavy (non-hydrogen) atoms. The third kappa shape index (κ3) is 4.37. The fourth-order valence-corrected chi connectivity index (χ4v) is 3.04. The molecular weight excluding hydrogens is 380 g/mol. The Morgan fingerprint density at radius 2 is 1.82 bits per heavy atom. The molecule has 3 rings (SSSR count). The minimum absolute atomic E-state index is 0.0388. The first kappa shape index (κ1) is 19.6. The standard InChI is InChI=1S/C20H19ClN4O3/c1-2-17-23-19(24-25(17)16-11-7-6-10-14(16)21)20(28)22-15(12-18(26)27)13-8-4-3-5-9-13/h3-11,15H,2,12H2,1H3,(H,22,28)(H,26,27). The number of carbonyl (C=O) groups excluding carboxylic acids is 1. The Bertz CT molecular complexity index is 988. The van der Waals surface area contributed by atoms with E-state index in [1.54, 1.807) is 42.5 Å². The lowest BCUT2D eigenvalue weighted by Gasteiger charge is -2.16. The van der Waals surface area contributed by atoms with Crippen molar-refractivity contribution in [3.63, 3.8) is 0 Å². The molecule has 0 aliphatic rings. The summed E-state index contributed by atoms with van der Waals surface area (Å²) >= 11 is 6.24. The van der Waals surface area contributed by atoms with Crippen LogP contribution >= 0.6 is 11.6 Å². The quantitative estimate of drug-likeness (QED) is 0.635. The molecule has 1 heterocycles. The summed E-state index contributed by atoms with van der Waals surface area (Å²) < 4.78 is 1.53. The number of aromatic nitrogens is 3. The second-order valence-corrected chi connectivity index (χ2v) is 6.51. The molecule has 0 fully saturated rings. The summed E-state index contributed by atoms with van der Waals surface area (Å²) in [5, 5.41) is 16.7. The second kappa shape index (κ2) is 8.67. The van der Waals surface area contributed by atoms with Crippen LogP contribution in [0.25, 0.3) is 5.69 Å². The maximum atomic E-state index is 12.7. The van der Waals surface area contributed by atoms with E-state index >= 15 is 0 Å². The summed E-state index contributed by atoms with van der Waals surface area (Å²) in [6, 6.07) is 15.4. The van der Waals surface area contributed by atoms with E-state index in [1.165, 1.54) is 4.68 Å². The van der Waals surface area contributed by atoms with Crippen LogP contribution in [0.1, 0.15) is 41.4 Å². The number of carboxylic acids is 1. The van der Waals surface area contributed by atoms with Gasteiger partial charge in [0.25, 0.3) is 5.91 Å². The van der Waals surface area contributed by atoms with Gasteiger partial charge in [-0.2, -0.15) is 0 Å². The van der Waals surface area contributed by atoms with Crippen LogP contribution in [0, 0.1) is 0 Å². The van der Waals surface area contributed by atoms with Crippen molar-refractivity contribution in [1.82, 2.24) is 20.1 Å². The minimum Gasteiger partial charge on any atom is -0.481 e. The van der Waals surface area contributed by atoms with Gasteiger partial charge in [-0.3, -0.25) is 9.59 Å². The molecule has 0 spiro atoms. The normalized spacial score (nSPS) is 11.8. The lowest BCUT2D eigenvalue weighted by Crippen LogP contribution is -2.31. The summed E-state index contributed by atoms with van der Waals surface area (Å²) in [6.07, 6.45) is 0.296. The van der Waals surface area contributed by atoms with E-state index in [0.717, 1.165) is 0 Å². The molecule has 0 saturated carbocycles. The lowest BCUT2D eigenvalue weighted by molar-refractivity contribution is -0.137. The molecule has 0 bridgehead atoms. The number of amides is 1. The van der Waals surface area contributed by atoms with E-state index in [2.05, 4.69) is 15.4 Å². The molecule has 0 radical (unpaired) electrons. The van der Waals surface area contributed by atoms with Crippen LogP contribution in [-0.2, 0) is 11.2 Å². The molecule has 144 valence electrons. The maximum absolute atomic E-state index is 12.7. The molecule has 0 aliphatic carbocycles. The third-order valence-corrected chi connectivity index (χ3v) is 4.48. The van der Waals surface area contributed by atoms with Gasteiger partial charge < -0.3 is 10.4 Å². The molecule has 1 aromatic heterocycles. The van der Waals surface area contributed by atoms with Gasteiger partial charge in [-0.05, 0) is 17.7 Å². The van der Waals surface area contributed by atoms with Gasteiger partial charge in [-0.1, -0.05) is 61.0 Å². The van der Waals surface area contributed by atoms with Gasteiger partial charge in [0.1, 0.15) is 5.82 Å². The Hall–Kier alpha value is -3.19. The zero-order chi connectivity index (χ0) is 20.1. The Labute approximate surface area is 167 Å². The molecule has 2 aromatic carbocycles. The molecule has 1 atom stereocenters. The molecule has 7 nitrogen and oxygen atoms in total. The number of aryl methyl sites for hydroxylation is 1. The first-order valence-electron chi connectivity index (χ1n) is 8.78. The number of nitrogens with zero attached hydrogens (tertiary/aromatic N) is 3. The highest BCUT2D eigenvalue weighted by atomic mass is 35.5. The topological polar surface area (TPSA) is 97.1 Å². The van der Waals surface area contributed by atoms with Crippen LogP contribution in [0.15, 0.2) is 54.6 Å². The molecule has 0 saturated heterocycles. The molecule has 1 unspecified atom stereocenters. The fraction of sp³-hybridized carbons (Fsp3) is 0.200. The zero-order valence-corrected chi connectivity index (χ0v) is 15.9.